The minimum Gasteiger partial charge on any atom is -0.497 e. The zero-order valence-corrected chi connectivity index (χ0v) is 8.79. The molecule has 2 heteroatoms. The summed E-state index contributed by atoms with van der Waals surface area (Å²) >= 11 is 0. The van der Waals surface area contributed by atoms with Crippen LogP contribution < -0.4 is 10.5 Å². The monoisotopic (exact) mass is 191 g/mol. The van der Waals surface area contributed by atoms with Crippen LogP contribution in [0.5, 0.6) is 5.75 Å². The molecule has 2 nitrogen and oxygen atoms in total. The van der Waals surface area contributed by atoms with E-state index in [-0.39, 0.29) is 0 Å². The first kappa shape index (κ1) is 9.53. The number of methoxy groups -OCH3 is 1. The molecule has 2 N–H and O–H groups in total. The van der Waals surface area contributed by atoms with Gasteiger partial charge in [0.25, 0.3) is 0 Å². The Morgan fingerprint density at radius 2 is 2.29 bits per heavy atom. The number of benzene rings is 1. The summed E-state index contributed by atoms with van der Waals surface area (Å²) in [5.74, 6) is 2.35. The van der Waals surface area contributed by atoms with Crippen LogP contribution in [0, 0.1) is 12.8 Å². The molecule has 0 aromatic heterocycles. The molecule has 2 atom stereocenters. The van der Waals surface area contributed by atoms with E-state index in [9.17, 15) is 0 Å². The number of rotatable bonds is 3. The van der Waals surface area contributed by atoms with Gasteiger partial charge in [-0.05, 0) is 55.0 Å². The van der Waals surface area contributed by atoms with Crippen molar-refractivity contribution in [3.05, 3.63) is 29.3 Å². The first-order valence-electron chi connectivity index (χ1n) is 5.11. The van der Waals surface area contributed by atoms with Gasteiger partial charge in [-0.2, -0.15) is 0 Å². The maximum atomic E-state index is 5.64. The molecule has 1 fully saturated rings. The van der Waals surface area contributed by atoms with Gasteiger partial charge in [0.1, 0.15) is 5.75 Å². The Kier molecular flexibility index (Phi) is 2.46. The van der Waals surface area contributed by atoms with Gasteiger partial charge in [-0.15, -0.1) is 0 Å². The Bertz CT molecular complexity index is 335. The molecule has 1 aromatic rings. The van der Waals surface area contributed by atoms with Gasteiger partial charge in [0, 0.05) is 0 Å². The van der Waals surface area contributed by atoms with Crippen LogP contribution in [0.3, 0.4) is 0 Å². The van der Waals surface area contributed by atoms with Crippen LogP contribution in [0.15, 0.2) is 18.2 Å². The summed E-state index contributed by atoms with van der Waals surface area (Å²) in [6, 6.07) is 6.31. The van der Waals surface area contributed by atoms with E-state index in [1.807, 2.05) is 6.07 Å². The van der Waals surface area contributed by atoms with Gasteiger partial charge in [0.05, 0.1) is 7.11 Å². The first-order valence-corrected chi connectivity index (χ1v) is 5.11. The van der Waals surface area contributed by atoms with Crippen LogP contribution in [0.25, 0.3) is 0 Å². The Morgan fingerprint density at radius 1 is 1.50 bits per heavy atom. The Labute approximate surface area is 85.1 Å². The highest BCUT2D eigenvalue weighted by molar-refractivity contribution is 5.39. The fourth-order valence-corrected chi connectivity index (χ4v) is 2.08. The molecule has 0 unspecified atom stereocenters. The quantitative estimate of drug-likeness (QED) is 0.793. The SMILES string of the molecule is COc1ccc([C@@H]2C[C@H]2CN)c(C)c1. The highest BCUT2D eigenvalue weighted by Gasteiger charge is 2.37. The minimum absolute atomic E-state index is 0.700. The van der Waals surface area contributed by atoms with Crippen LogP contribution in [-0.2, 0) is 0 Å². The van der Waals surface area contributed by atoms with E-state index in [2.05, 4.69) is 19.1 Å². The molecule has 0 spiro atoms. The molecule has 0 bridgehead atoms. The molecule has 0 radical (unpaired) electrons. The molecule has 1 aromatic carbocycles. The summed E-state index contributed by atoms with van der Waals surface area (Å²) < 4.78 is 5.18. The van der Waals surface area contributed by atoms with Crippen molar-refractivity contribution in [1.29, 1.82) is 0 Å². The van der Waals surface area contributed by atoms with Crippen molar-refractivity contribution in [2.24, 2.45) is 11.7 Å². The van der Waals surface area contributed by atoms with Gasteiger partial charge in [-0.25, -0.2) is 0 Å². The van der Waals surface area contributed by atoms with E-state index >= 15 is 0 Å². The Morgan fingerprint density at radius 3 is 2.79 bits per heavy atom. The van der Waals surface area contributed by atoms with Gasteiger partial charge < -0.3 is 10.5 Å². The predicted molar refractivity (Wildman–Crippen MR) is 57.6 cm³/mol. The molecule has 1 saturated carbocycles. The molecule has 0 heterocycles. The molecular formula is C12H17NO. The normalized spacial score (nSPS) is 24.8. The summed E-state index contributed by atoms with van der Waals surface area (Å²) in [5.41, 5.74) is 8.41. The summed E-state index contributed by atoms with van der Waals surface area (Å²) in [5, 5.41) is 0. The lowest BCUT2D eigenvalue weighted by Gasteiger charge is -2.07. The Hall–Kier alpha value is -1.02. The molecule has 76 valence electrons. The summed E-state index contributed by atoms with van der Waals surface area (Å²) in [6.07, 6.45) is 1.25. The van der Waals surface area contributed by atoms with E-state index in [1.54, 1.807) is 7.11 Å². The maximum Gasteiger partial charge on any atom is 0.119 e. The van der Waals surface area contributed by atoms with Crippen molar-refractivity contribution in [1.82, 2.24) is 0 Å². The van der Waals surface area contributed by atoms with Gasteiger partial charge in [-0.3, -0.25) is 0 Å². The topological polar surface area (TPSA) is 35.2 Å². The average Bonchev–Trinajstić information content (AvgIpc) is 2.96. The Balaban J connectivity index is 2.19. The number of hydrogen-bond donors (Lipinski definition) is 1. The fourth-order valence-electron chi connectivity index (χ4n) is 2.08. The number of nitrogens with two attached hydrogens (primary N) is 1. The van der Waals surface area contributed by atoms with E-state index in [1.165, 1.54) is 17.5 Å². The van der Waals surface area contributed by atoms with Crippen LogP contribution in [0.4, 0.5) is 0 Å². The van der Waals surface area contributed by atoms with Crippen LogP contribution >= 0.6 is 0 Å². The van der Waals surface area contributed by atoms with E-state index < -0.39 is 0 Å². The van der Waals surface area contributed by atoms with Crippen molar-refractivity contribution >= 4 is 0 Å². The van der Waals surface area contributed by atoms with Gasteiger partial charge in [0.2, 0.25) is 0 Å². The summed E-state index contributed by atoms with van der Waals surface area (Å²) in [6.45, 7) is 2.96. The molecule has 0 amide bonds. The van der Waals surface area contributed by atoms with Crippen LogP contribution in [-0.4, -0.2) is 13.7 Å². The van der Waals surface area contributed by atoms with E-state index in [0.717, 1.165) is 12.3 Å². The molecule has 0 saturated heterocycles. The number of hydrogen-bond acceptors (Lipinski definition) is 2. The smallest absolute Gasteiger partial charge is 0.119 e. The van der Waals surface area contributed by atoms with Crippen molar-refractivity contribution in [2.45, 2.75) is 19.3 Å². The molecule has 2 rings (SSSR count). The van der Waals surface area contributed by atoms with E-state index in [0.29, 0.717) is 11.8 Å². The largest absolute Gasteiger partial charge is 0.497 e. The standard InChI is InChI=1S/C12H17NO/c1-8-5-10(14-2)3-4-11(8)12-6-9(12)7-13/h3-5,9,12H,6-7,13H2,1-2H3/t9-,12+/m0/s1. The van der Waals surface area contributed by atoms with E-state index in [4.69, 9.17) is 10.5 Å². The first-order chi connectivity index (χ1) is 6.76. The predicted octanol–water partition coefficient (Wildman–Crippen LogP) is 2.07. The maximum absolute atomic E-state index is 5.64. The fraction of sp³-hybridized carbons (Fsp3) is 0.500. The zero-order chi connectivity index (χ0) is 10.1. The minimum atomic E-state index is 0.700. The third kappa shape index (κ3) is 1.62. The molecule has 14 heavy (non-hydrogen) atoms. The summed E-state index contributed by atoms with van der Waals surface area (Å²) in [4.78, 5) is 0. The zero-order valence-electron chi connectivity index (χ0n) is 8.79. The highest BCUT2D eigenvalue weighted by atomic mass is 16.5. The number of aryl methyl sites for hydroxylation is 1. The third-order valence-corrected chi connectivity index (χ3v) is 3.10. The van der Waals surface area contributed by atoms with Crippen molar-refractivity contribution in [3.8, 4) is 5.75 Å². The van der Waals surface area contributed by atoms with Gasteiger partial charge in [0.15, 0.2) is 0 Å². The summed E-state index contributed by atoms with van der Waals surface area (Å²) in [7, 11) is 1.70. The molecular weight excluding hydrogens is 174 g/mol. The lowest BCUT2D eigenvalue weighted by atomic mass is 10.0. The van der Waals surface area contributed by atoms with Crippen molar-refractivity contribution < 1.29 is 4.74 Å². The highest BCUT2D eigenvalue weighted by Crippen LogP contribution is 2.48. The third-order valence-electron chi connectivity index (χ3n) is 3.10. The lowest BCUT2D eigenvalue weighted by molar-refractivity contribution is 0.414. The second-order valence-electron chi connectivity index (χ2n) is 4.06. The lowest BCUT2D eigenvalue weighted by Crippen LogP contribution is -2.02. The molecule has 1 aliphatic carbocycles. The number of ether oxygens (including phenoxy) is 1. The van der Waals surface area contributed by atoms with Crippen molar-refractivity contribution in [3.63, 3.8) is 0 Å². The van der Waals surface area contributed by atoms with Crippen LogP contribution in [0.2, 0.25) is 0 Å². The van der Waals surface area contributed by atoms with Gasteiger partial charge in [-0.1, -0.05) is 6.07 Å². The van der Waals surface area contributed by atoms with Crippen molar-refractivity contribution in [2.75, 3.05) is 13.7 Å². The average molecular weight is 191 g/mol. The van der Waals surface area contributed by atoms with Gasteiger partial charge >= 0.3 is 0 Å². The molecule has 0 aliphatic heterocycles. The van der Waals surface area contributed by atoms with Crippen LogP contribution in [0.1, 0.15) is 23.5 Å². The molecule has 1 aliphatic rings. The second-order valence-corrected chi connectivity index (χ2v) is 4.06. The second kappa shape index (κ2) is 3.62.